The van der Waals surface area contributed by atoms with Crippen LogP contribution in [0.3, 0.4) is 0 Å². The molecule has 0 N–H and O–H groups in total. The Labute approximate surface area is 169 Å². The maximum atomic E-state index is 6.17. The average molecular weight is 399 g/mol. The standard InChI is InChI=1S/C22H27ClN2OSi/c1-14(21(2,3)4)22(5,26-27)18-9-8-15-12-17(7-6-16(15)13-18)19-10-11-20(23)25-24-19/h6-14H,1-5,27H3. The monoisotopic (exact) mass is 398 g/mol. The van der Waals surface area contributed by atoms with Gasteiger partial charge in [-0.3, -0.25) is 0 Å². The van der Waals surface area contributed by atoms with E-state index in [4.69, 9.17) is 16.0 Å². The minimum absolute atomic E-state index is 0.158. The molecule has 0 aliphatic rings. The summed E-state index contributed by atoms with van der Waals surface area (Å²) in [5.41, 5.74) is 2.94. The van der Waals surface area contributed by atoms with Gasteiger partial charge < -0.3 is 4.43 Å². The van der Waals surface area contributed by atoms with Crippen LogP contribution in [0, 0.1) is 11.3 Å². The number of halogens is 1. The molecular formula is C22H27ClN2OSi. The normalized spacial score (nSPS) is 15.6. The molecule has 1 heterocycles. The molecule has 0 aliphatic carbocycles. The fourth-order valence-electron chi connectivity index (χ4n) is 3.55. The summed E-state index contributed by atoms with van der Waals surface area (Å²) in [5, 5.41) is 10.9. The van der Waals surface area contributed by atoms with Crippen molar-refractivity contribution in [3.63, 3.8) is 0 Å². The number of aromatic nitrogens is 2. The van der Waals surface area contributed by atoms with Gasteiger partial charge in [-0.1, -0.05) is 63.6 Å². The van der Waals surface area contributed by atoms with E-state index in [9.17, 15) is 0 Å². The summed E-state index contributed by atoms with van der Waals surface area (Å²) >= 11 is 5.84. The third kappa shape index (κ3) is 3.93. The molecule has 0 radical (unpaired) electrons. The largest absolute Gasteiger partial charge is 0.418 e. The summed E-state index contributed by atoms with van der Waals surface area (Å²) in [6.45, 7) is 11.3. The molecule has 0 spiro atoms. The zero-order chi connectivity index (χ0) is 19.8. The van der Waals surface area contributed by atoms with Crippen molar-refractivity contribution in [2.24, 2.45) is 11.3 Å². The SMILES string of the molecule is CC(C(C)(C)C)C(C)(O[SiH3])c1ccc2cc(-c3ccc(Cl)nn3)ccc2c1. The molecule has 0 amide bonds. The molecule has 1 aromatic heterocycles. The van der Waals surface area contributed by atoms with Gasteiger partial charge in [-0.2, -0.15) is 0 Å². The maximum Gasteiger partial charge on any atom is 0.151 e. The smallest absolute Gasteiger partial charge is 0.151 e. The number of benzene rings is 2. The van der Waals surface area contributed by atoms with Gasteiger partial charge in [0, 0.05) is 5.56 Å². The molecule has 142 valence electrons. The molecule has 2 unspecified atom stereocenters. The Morgan fingerprint density at radius 1 is 0.926 bits per heavy atom. The van der Waals surface area contributed by atoms with Crippen molar-refractivity contribution >= 4 is 32.9 Å². The van der Waals surface area contributed by atoms with Crippen molar-refractivity contribution in [3.05, 3.63) is 59.2 Å². The summed E-state index contributed by atoms with van der Waals surface area (Å²) in [5.74, 6) is 0.378. The third-order valence-corrected chi connectivity index (χ3v) is 6.94. The van der Waals surface area contributed by atoms with Crippen LogP contribution in [0.2, 0.25) is 5.15 Å². The summed E-state index contributed by atoms with van der Waals surface area (Å²) in [6, 6.07) is 16.6. The van der Waals surface area contributed by atoms with Crippen molar-refractivity contribution in [1.82, 2.24) is 10.2 Å². The quantitative estimate of drug-likeness (QED) is 0.570. The first-order chi connectivity index (χ1) is 12.6. The molecule has 5 heteroatoms. The van der Waals surface area contributed by atoms with Crippen molar-refractivity contribution in [3.8, 4) is 11.3 Å². The Hall–Kier alpha value is -1.75. The highest BCUT2D eigenvalue weighted by Crippen LogP contribution is 2.43. The van der Waals surface area contributed by atoms with E-state index in [-0.39, 0.29) is 11.0 Å². The van der Waals surface area contributed by atoms with Crippen molar-refractivity contribution < 1.29 is 4.43 Å². The van der Waals surface area contributed by atoms with Crippen LogP contribution in [-0.2, 0) is 10.0 Å². The summed E-state index contributed by atoms with van der Waals surface area (Å²) in [6.07, 6.45) is 0. The Morgan fingerprint density at radius 3 is 2.19 bits per heavy atom. The van der Waals surface area contributed by atoms with Crippen molar-refractivity contribution in [2.75, 3.05) is 0 Å². The minimum Gasteiger partial charge on any atom is -0.418 e. The van der Waals surface area contributed by atoms with E-state index in [1.54, 1.807) is 6.07 Å². The van der Waals surface area contributed by atoms with Crippen LogP contribution in [0.5, 0.6) is 0 Å². The van der Waals surface area contributed by atoms with Gasteiger partial charge in [-0.15, -0.1) is 10.2 Å². The summed E-state index contributed by atoms with van der Waals surface area (Å²) < 4.78 is 6.17. The lowest BCUT2D eigenvalue weighted by molar-refractivity contribution is -0.0147. The van der Waals surface area contributed by atoms with E-state index in [0.29, 0.717) is 21.6 Å². The summed E-state index contributed by atoms with van der Waals surface area (Å²) in [4.78, 5) is 0. The highest BCUT2D eigenvalue weighted by molar-refractivity contribution is 6.29. The van der Waals surface area contributed by atoms with Gasteiger partial charge >= 0.3 is 0 Å². The predicted molar refractivity (Wildman–Crippen MR) is 117 cm³/mol. The average Bonchev–Trinajstić information content (AvgIpc) is 2.65. The van der Waals surface area contributed by atoms with E-state index < -0.39 is 0 Å². The first kappa shape index (κ1) is 20.0. The zero-order valence-corrected chi connectivity index (χ0v) is 19.6. The van der Waals surface area contributed by atoms with E-state index in [2.05, 4.69) is 81.2 Å². The van der Waals surface area contributed by atoms with E-state index in [0.717, 1.165) is 11.3 Å². The lowest BCUT2D eigenvalue weighted by Gasteiger charge is -2.43. The third-order valence-electron chi connectivity index (χ3n) is 5.89. The van der Waals surface area contributed by atoms with Crippen LogP contribution in [0.25, 0.3) is 22.0 Å². The number of hydrogen-bond acceptors (Lipinski definition) is 3. The number of rotatable bonds is 4. The molecule has 2 aromatic carbocycles. The molecule has 2 atom stereocenters. The molecule has 0 saturated heterocycles. The molecule has 27 heavy (non-hydrogen) atoms. The van der Waals surface area contributed by atoms with Gasteiger partial charge in [-0.25, -0.2) is 0 Å². The molecule has 3 aromatic rings. The highest BCUT2D eigenvalue weighted by atomic mass is 35.5. The molecule has 3 nitrogen and oxygen atoms in total. The molecule has 0 aliphatic heterocycles. The summed E-state index contributed by atoms with van der Waals surface area (Å²) in [7, 11) is 0.698. The van der Waals surface area contributed by atoms with Crippen molar-refractivity contribution in [1.29, 1.82) is 0 Å². The lowest BCUT2D eigenvalue weighted by atomic mass is 9.69. The molecule has 0 bridgehead atoms. The van der Waals surface area contributed by atoms with Crippen LogP contribution in [-0.4, -0.2) is 20.7 Å². The second-order valence-corrected chi connectivity index (χ2v) is 9.21. The van der Waals surface area contributed by atoms with Crippen LogP contribution >= 0.6 is 11.6 Å². The zero-order valence-electron chi connectivity index (χ0n) is 16.9. The number of hydrogen-bond donors (Lipinski definition) is 0. The second kappa shape index (κ2) is 7.34. The highest BCUT2D eigenvalue weighted by Gasteiger charge is 2.39. The minimum atomic E-state index is -0.293. The predicted octanol–water partition coefficient (Wildman–Crippen LogP) is 5.14. The maximum absolute atomic E-state index is 6.17. The fraction of sp³-hybridized carbons (Fsp3) is 0.364. The van der Waals surface area contributed by atoms with Gasteiger partial charge in [0.15, 0.2) is 5.15 Å². The van der Waals surface area contributed by atoms with Gasteiger partial charge in [0.2, 0.25) is 0 Å². The van der Waals surface area contributed by atoms with E-state index >= 15 is 0 Å². The van der Waals surface area contributed by atoms with Gasteiger partial charge in [0.1, 0.15) is 10.5 Å². The first-order valence-corrected chi connectivity index (χ1v) is 10.4. The second-order valence-electron chi connectivity index (χ2n) is 8.42. The number of nitrogens with zero attached hydrogens (tertiary/aromatic N) is 2. The Kier molecular flexibility index (Phi) is 5.44. The van der Waals surface area contributed by atoms with Crippen LogP contribution in [0.15, 0.2) is 48.5 Å². The van der Waals surface area contributed by atoms with Gasteiger partial charge in [0.05, 0.1) is 11.3 Å². The molecular weight excluding hydrogens is 372 g/mol. The lowest BCUT2D eigenvalue weighted by Crippen LogP contribution is -2.40. The number of fused-ring (bicyclic) bond motifs is 1. The Morgan fingerprint density at radius 2 is 1.59 bits per heavy atom. The van der Waals surface area contributed by atoms with Crippen molar-refractivity contribution in [2.45, 2.75) is 40.2 Å². The van der Waals surface area contributed by atoms with Crippen LogP contribution in [0.1, 0.15) is 40.2 Å². The van der Waals surface area contributed by atoms with E-state index in [1.807, 2.05) is 6.07 Å². The first-order valence-electron chi connectivity index (χ1n) is 9.24. The van der Waals surface area contributed by atoms with E-state index in [1.165, 1.54) is 16.3 Å². The van der Waals surface area contributed by atoms with Gasteiger partial charge in [-0.05, 0) is 58.9 Å². The fourth-order valence-corrected chi connectivity index (χ4v) is 4.24. The Bertz CT molecular complexity index is 953. The molecule has 3 rings (SSSR count). The van der Waals surface area contributed by atoms with Crippen LogP contribution in [0.4, 0.5) is 0 Å². The Balaban J connectivity index is 2.03. The van der Waals surface area contributed by atoms with Gasteiger partial charge in [0.25, 0.3) is 0 Å². The molecule has 0 saturated carbocycles. The topological polar surface area (TPSA) is 35.0 Å². The van der Waals surface area contributed by atoms with Crippen LogP contribution < -0.4 is 0 Å². The molecule has 0 fully saturated rings.